The minimum absolute atomic E-state index is 0.0799. The molecule has 8 heteroatoms. The molecular formula is C18H21N5O2S. The van der Waals surface area contributed by atoms with Gasteiger partial charge >= 0.3 is 0 Å². The van der Waals surface area contributed by atoms with Crippen molar-refractivity contribution in [1.82, 2.24) is 9.88 Å². The molecule has 5 heterocycles. The van der Waals surface area contributed by atoms with Crippen molar-refractivity contribution >= 4 is 44.3 Å². The summed E-state index contributed by atoms with van der Waals surface area (Å²) in [4.78, 5) is 22.9. The minimum atomic E-state index is -0.145. The molecule has 1 aromatic heterocycles. The Balaban J connectivity index is 1.31. The number of nitrogens with zero attached hydrogens (tertiary/aromatic N) is 3. The number of carbonyl (C=O) groups excluding carboxylic acids is 1. The van der Waals surface area contributed by atoms with Crippen LogP contribution in [-0.4, -0.2) is 53.6 Å². The van der Waals surface area contributed by atoms with Crippen molar-refractivity contribution in [3.05, 3.63) is 18.2 Å². The first kappa shape index (κ1) is 16.0. The Bertz CT molecular complexity index is 902. The topological polar surface area (TPSA) is 78.8 Å². The van der Waals surface area contributed by atoms with E-state index in [9.17, 15) is 4.79 Å². The maximum absolute atomic E-state index is 11.2. The predicted molar refractivity (Wildman–Crippen MR) is 103 cm³/mol. The fourth-order valence-electron chi connectivity index (χ4n) is 4.30. The maximum Gasteiger partial charge on any atom is 0.291 e. The largest absolute Gasteiger partial charge is 0.455 e. The first-order valence-electron chi connectivity index (χ1n) is 9.01. The van der Waals surface area contributed by atoms with Gasteiger partial charge in [-0.3, -0.25) is 15.0 Å². The van der Waals surface area contributed by atoms with Crippen LogP contribution in [0.5, 0.6) is 0 Å². The Hall–Kier alpha value is -2.19. The highest BCUT2D eigenvalue weighted by molar-refractivity contribution is 7.22. The van der Waals surface area contributed by atoms with Gasteiger partial charge in [0.25, 0.3) is 6.02 Å². The van der Waals surface area contributed by atoms with E-state index in [1.54, 1.807) is 0 Å². The van der Waals surface area contributed by atoms with Crippen LogP contribution in [0.25, 0.3) is 10.2 Å². The second-order valence-corrected chi connectivity index (χ2v) is 8.38. The molecule has 3 saturated heterocycles. The number of nitrogens with one attached hydrogen (secondary N) is 2. The van der Waals surface area contributed by atoms with Crippen LogP contribution in [0.1, 0.15) is 19.8 Å². The molecule has 26 heavy (non-hydrogen) atoms. The van der Waals surface area contributed by atoms with Gasteiger partial charge < -0.3 is 10.1 Å². The van der Waals surface area contributed by atoms with Gasteiger partial charge in [-0.15, -0.1) is 0 Å². The molecular weight excluding hydrogens is 350 g/mol. The van der Waals surface area contributed by atoms with Gasteiger partial charge in [-0.2, -0.15) is 0 Å². The molecule has 0 radical (unpaired) electrons. The zero-order chi connectivity index (χ0) is 17.7. The summed E-state index contributed by atoms with van der Waals surface area (Å²) in [6.07, 6.45) is 2.41. The van der Waals surface area contributed by atoms with Crippen LogP contribution < -0.4 is 10.6 Å². The van der Waals surface area contributed by atoms with Crippen molar-refractivity contribution in [1.29, 1.82) is 0 Å². The smallest absolute Gasteiger partial charge is 0.291 e. The number of hydrogen-bond acceptors (Lipinski definition) is 7. The molecule has 136 valence electrons. The van der Waals surface area contributed by atoms with E-state index in [1.807, 2.05) is 18.2 Å². The van der Waals surface area contributed by atoms with Crippen molar-refractivity contribution in [2.75, 3.05) is 36.8 Å². The van der Waals surface area contributed by atoms with E-state index < -0.39 is 0 Å². The zero-order valence-corrected chi connectivity index (χ0v) is 15.4. The summed E-state index contributed by atoms with van der Waals surface area (Å²) < 4.78 is 7.32. The third-order valence-electron chi connectivity index (χ3n) is 5.54. The molecule has 1 spiro atoms. The molecule has 2 aromatic rings. The number of anilines is 2. The highest BCUT2D eigenvalue weighted by Crippen LogP contribution is 2.41. The number of hydrogen-bond donors (Lipinski definition) is 2. The van der Waals surface area contributed by atoms with E-state index in [2.05, 4.69) is 25.5 Å². The van der Waals surface area contributed by atoms with Crippen molar-refractivity contribution in [2.45, 2.75) is 25.4 Å². The maximum atomic E-state index is 11.2. The van der Waals surface area contributed by atoms with Crippen molar-refractivity contribution < 1.29 is 9.53 Å². The number of carbonyl (C=O) groups is 1. The number of rotatable bonds is 2. The monoisotopic (exact) mass is 371 g/mol. The third kappa shape index (κ3) is 2.73. The van der Waals surface area contributed by atoms with E-state index in [0.29, 0.717) is 11.9 Å². The van der Waals surface area contributed by atoms with Crippen molar-refractivity contribution in [3.63, 3.8) is 0 Å². The summed E-state index contributed by atoms with van der Waals surface area (Å²) in [5, 5.41) is 6.81. The normalized spacial score (nSPS) is 29.7. The molecule has 3 fully saturated rings. The first-order chi connectivity index (χ1) is 12.6. The number of benzene rings is 1. The lowest BCUT2D eigenvalue weighted by Crippen LogP contribution is -2.61. The van der Waals surface area contributed by atoms with Gasteiger partial charge in [0.05, 0.1) is 16.8 Å². The van der Waals surface area contributed by atoms with Gasteiger partial charge in [-0.1, -0.05) is 11.3 Å². The van der Waals surface area contributed by atoms with Crippen molar-refractivity contribution in [3.8, 4) is 0 Å². The second-order valence-electron chi connectivity index (χ2n) is 7.35. The lowest BCUT2D eigenvalue weighted by Gasteiger charge is -2.50. The quantitative estimate of drug-likeness (QED) is 0.848. The predicted octanol–water partition coefficient (Wildman–Crippen LogP) is 2.52. The van der Waals surface area contributed by atoms with Crippen LogP contribution in [0.2, 0.25) is 0 Å². The van der Waals surface area contributed by atoms with E-state index in [-0.39, 0.29) is 11.5 Å². The van der Waals surface area contributed by atoms with Crippen LogP contribution >= 0.6 is 11.3 Å². The molecule has 4 aliphatic heterocycles. The highest BCUT2D eigenvalue weighted by atomic mass is 32.1. The van der Waals surface area contributed by atoms with Gasteiger partial charge in [0.2, 0.25) is 5.91 Å². The summed E-state index contributed by atoms with van der Waals surface area (Å²) in [5.74, 6) is 0.523. The number of aromatic nitrogens is 1. The molecule has 1 atom stereocenters. The number of amidine groups is 1. The molecule has 1 aromatic carbocycles. The van der Waals surface area contributed by atoms with Gasteiger partial charge in [0, 0.05) is 25.1 Å². The van der Waals surface area contributed by atoms with Crippen LogP contribution in [-0.2, 0) is 9.53 Å². The Kier molecular flexibility index (Phi) is 3.65. The fourth-order valence-corrected chi connectivity index (χ4v) is 5.19. The Morgan fingerprint density at radius 2 is 2.23 bits per heavy atom. The number of aliphatic imine (C=N–C) groups is 1. The van der Waals surface area contributed by atoms with Crippen LogP contribution in [0, 0.1) is 5.92 Å². The molecule has 2 N–H and O–H groups in total. The summed E-state index contributed by atoms with van der Waals surface area (Å²) in [6, 6.07) is 6.29. The standard InChI is InChI=1S/C18H21N5O2S/c1-11(24)20-13-2-3-14-15(8-13)26-17(21-14)22-16-19-9-18(25-16)10-23-6-4-12(18)5-7-23/h2-3,8,12H,4-7,9-10H2,1H3,(H,20,24)(H,19,21,22). The molecule has 6 rings (SSSR count). The average molecular weight is 371 g/mol. The Labute approximate surface area is 155 Å². The summed E-state index contributed by atoms with van der Waals surface area (Å²) in [6.45, 7) is 5.59. The lowest BCUT2D eigenvalue weighted by atomic mass is 9.75. The minimum Gasteiger partial charge on any atom is -0.455 e. The Morgan fingerprint density at radius 3 is 2.96 bits per heavy atom. The lowest BCUT2D eigenvalue weighted by molar-refractivity contribution is -0.114. The van der Waals surface area contributed by atoms with Gasteiger partial charge in [0.15, 0.2) is 5.13 Å². The van der Waals surface area contributed by atoms with Gasteiger partial charge in [0.1, 0.15) is 5.60 Å². The van der Waals surface area contributed by atoms with E-state index >= 15 is 0 Å². The third-order valence-corrected chi connectivity index (χ3v) is 6.47. The molecule has 0 saturated carbocycles. The van der Waals surface area contributed by atoms with E-state index in [4.69, 9.17) is 4.74 Å². The number of amides is 1. The Morgan fingerprint density at radius 1 is 1.38 bits per heavy atom. The number of thiazole rings is 1. The molecule has 1 unspecified atom stereocenters. The number of ether oxygens (including phenoxy) is 1. The van der Waals surface area contributed by atoms with Crippen LogP contribution in [0.4, 0.5) is 10.8 Å². The summed E-state index contributed by atoms with van der Waals surface area (Å²) in [7, 11) is 0. The SMILES string of the molecule is CC(=O)Nc1ccc2nc(NC3=NCC4(CN5CCC4CC5)O3)sc2c1. The molecule has 1 amide bonds. The van der Waals surface area contributed by atoms with Gasteiger partial charge in [-0.25, -0.2) is 9.98 Å². The number of fused-ring (bicyclic) bond motifs is 3. The first-order valence-corrected chi connectivity index (χ1v) is 9.82. The number of piperidine rings is 3. The van der Waals surface area contributed by atoms with E-state index in [1.165, 1.54) is 44.2 Å². The summed E-state index contributed by atoms with van der Waals surface area (Å²) in [5.41, 5.74) is 1.53. The zero-order valence-electron chi connectivity index (χ0n) is 14.6. The average Bonchev–Trinajstić information content (AvgIpc) is 3.19. The fraction of sp³-hybridized carbons (Fsp3) is 0.500. The second kappa shape index (κ2) is 5.92. The van der Waals surface area contributed by atoms with Crippen LogP contribution in [0.15, 0.2) is 23.2 Å². The van der Waals surface area contributed by atoms with E-state index in [0.717, 1.165) is 34.1 Å². The highest BCUT2D eigenvalue weighted by Gasteiger charge is 2.51. The molecule has 7 nitrogen and oxygen atoms in total. The van der Waals surface area contributed by atoms with Crippen LogP contribution in [0.3, 0.4) is 0 Å². The van der Waals surface area contributed by atoms with Crippen molar-refractivity contribution in [2.24, 2.45) is 10.9 Å². The summed E-state index contributed by atoms with van der Waals surface area (Å²) >= 11 is 1.53. The molecule has 4 aliphatic rings. The molecule has 2 bridgehead atoms. The van der Waals surface area contributed by atoms with Gasteiger partial charge in [-0.05, 0) is 44.1 Å². The molecule has 0 aliphatic carbocycles.